The van der Waals surface area contributed by atoms with E-state index in [2.05, 4.69) is 25.1 Å². The Kier molecular flexibility index (Phi) is 12.7. The lowest BCUT2D eigenvalue weighted by atomic mass is 9.68. The summed E-state index contributed by atoms with van der Waals surface area (Å²) in [6.07, 6.45) is 6.60. The van der Waals surface area contributed by atoms with Gasteiger partial charge in [-0.1, -0.05) is 23.7 Å². The van der Waals surface area contributed by atoms with Gasteiger partial charge in [0.1, 0.15) is 22.7 Å². The van der Waals surface area contributed by atoms with Crippen molar-refractivity contribution in [2.75, 3.05) is 67.0 Å². The highest BCUT2D eigenvalue weighted by Crippen LogP contribution is 2.47. The summed E-state index contributed by atoms with van der Waals surface area (Å²) in [4.78, 5) is 60.7. The number of hydrogen-bond acceptors (Lipinski definition) is 11. The summed E-state index contributed by atoms with van der Waals surface area (Å²) < 4.78 is 47.6. The molecule has 2 bridgehead atoms. The quantitative estimate of drug-likeness (QED) is 0.329. The highest BCUT2D eigenvalue weighted by molar-refractivity contribution is 7.94. The molecule has 1 aromatic heterocycles. The molecule has 4 aliphatic rings. The van der Waals surface area contributed by atoms with Crippen LogP contribution in [0, 0.1) is 11.8 Å². The number of methoxy groups -OCH3 is 2. The van der Waals surface area contributed by atoms with Gasteiger partial charge in [-0.3, -0.25) is 23.8 Å². The van der Waals surface area contributed by atoms with Gasteiger partial charge in [-0.15, -0.1) is 9.46 Å². The van der Waals surface area contributed by atoms with Crippen LogP contribution < -0.4 is 19.1 Å². The lowest BCUT2D eigenvalue weighted by Gasteiger charge is -2.46. The molecule has 2 aliphatic carbocycles. The largest absolute Gasteiger partial charge is 0.490 e. The Balaban J connectivity index is 1.40. The average Bonchev–Trinajstić information content (AvgIpc) is 3.53. The minimum Gasteiger partial charge on any atom is -0.490 e. The minimum atomic E-state index is -4.41. The van der Waals surface area contributed by atoms with Gasteiger partial charge < -0.3 is 33.6 Å². The fourth-order valence-corrected chi connectivity index (χ4v) is 11.1. The average molecular weight is 880 g/mol. The number of benzene rings is 2. The predicted molar refractivity (Wildman–Crippen MR) is 230 cm³/mol. The van der Waals surface area contributed by atoms with Crippen LogP contribution in [0.4, 0.5) is 10.5 Å². The van der Waals surface area contributed by atoms with E-state index in [0.29, 0.717) is 36.2 Å². The van der Waals surface area contributed by atoms with Crippen molar-refractivity contribution < 1.29 is 42.3 Å². The van der Waals surface area contributed by atoms with E-state index in [0.717, 1.165) is 32.1 Å². The van der Waals surface area contributed by atoms with Gasteiger partial charge in [-0.2, -0.15) is 0 Å². The zero-order valence-electron chi connectivity index (χ0n) is 35.6. The van der Waals surface area contributed by atoms with E-state index in [9.17, 15) is 19.2 Å². The molecule has 1 spiro atoms. The number of halogens is 1. The smallest absolute Gasteiger partial charge is 0.409 e. The molecule has 1 unspecified atom stereocenters. The van der Waals surface area contributed by atoms with Gasteiger partial charge in [0.25, 0.3) is 11.8 Å². The summed E-state index contributed by atoms with van der Waals surface area (Å²) in [6.45, 7) is 1.60. The first-order valence-corrected chi connectivity index (χ1v) is 22.3. The first-order chi connectivity index (χ1) is 29.0. The van der Waals surface area contributed by atoms with Crippen LogP contribution in [-0.2, 0) is 43.1 Å². The number of aryl methyl sites for hydroxylation is 2. The molecule has 1 N–H and O–H groups in total. The zero-order chi connectivity index (χ0) is 43.8. The summed E-state index contributed by atoms with van der Waals surface area (Å²) in [6, 6.07) is 11.0. The van der Waals surface area contributed by atoms with Crippen molar-refractivity contribution >= 4 is 51.0 Å². The predicted octanol–water partition coefficient (Wildman–Crippen LogP) is 5.03. The van der Waals surface area contributed by atoms with Crippen LogP contribution >= 0.6 is 11.6 Å². The third-order valence-corrected chi connectivity index (χ3v) is 14.6. The van der Waals surface area contributed by atoms with Crippen molar-refractivity contribution in [3.63, 3.8) is 0 Å². The van der Waals surface area contributed by atoms with Crippen LogP contribution in [0.2, 0.25) is 5.02 Å². The van der Waals surface area contributed by atoms with Crippen molar-refractivity contribution in [2.45, 2.75) is 61.4 Å². The number of rotatable bonds is 6. The van der Waals surface area contributed by atoms with Gasteiger partial charge in [0.2, 0.25) is 11.8 Å². The molecule has 4 amide bonds. The SMILES string of the molecule is COc1nn(C)cc1C(=O)N[S@@]1(=O)=NC(=O)c2ccc3c(c2)N(C[C@@H]2CC[C@H]2[C@@H](OC)/C=C/[C@H](OC(=O)N(C)C)CC1C(=O)N(C)C)C[C@@]1(CCCc2cc(Cl)ccc21)CO3. The number of carbonyl (C=O) groups excluding carboxylic acids is 4. The Morgan fingerprint density at radius 3 is 2.52 bits per heavy atom. The molecule has 1 saturated carbocycles. The molecule has 2 aliphatic heterocycles. The summed E-state index contributed by atoms with van der Waals surface area (Å²) in [5, 5.41) is 3.12. The standard InChI is InChI=1S/C43H54ClN7O9S/c1-48(2)41(54)37-21-30(60-42(55)49(3)4)13-17-35(57-6)31-14-10-28(31)22-51-24-43(18-8-9-26-19-29(44)12-15-33(26)43)25-59-36-16-11-27(20-34(36)51)38(52)46-61(37,56)47-39(53)32-23-50(5)45-40(32)58-7/h11-13,15-17,19-20,23,28,30-31,35,37H,8-10,14,18,21-22,24-25H2,1-7H3,(H,46,47,52,53,56)/b17-13+/t28-,30-,31+,35-,37?,43-,61-/m0/s1. The Morgan fingerprint density at radius 2 is 1.84 bits per heavy atom. The molecular weight excluding hydrogens is 826 g/mol. The van der Waals surface area contributed by atoms with Crippen LogP contribution in [0.5, 0.6) is 11.6 Å². The van der Waals surface area contributed by atoms with Gasteiger partial charge in [0.15, 0.2) is 9.92 Å². The van der Waals surface area contributed by atoms with Gasteiger partial charge in [-0.25, -0.2) is 9.00 Å². The minimum absolute atomic E-state index is 0.0670. The first kappa shape index (κ1) is 43.9. The second-order valence-corrected chi connectivity index (χ2v) is 19.3. The van der Waals surface area contributed by atoms with Crippen LogP contribution in [0.1, 0.15) is 63.9 Å². The zero-order valence-corrected chi connectivity index (χ0v) is 37.2. The Hall–Kier alpha value is -5.13. The highest BCUT2D eigenvalue weighted by Gasteiger charge is 2.45. The molecule has 1 fully saturated rings. The summed E-state index contributed by atoms with van der Waals surface area (Å²) in [5.74, 6) is -1.88. The molecular formula is C43H54ClN7O9S. The topological polar surface area (TPSA) is 174 Å². The van der Waals surface area contributed by atoms with Crippen molar-refractivity contribution in [3.05, 3.63) is 82.0 Å². The summed E-state index contributed by atoms with van der Waals surface area (Å²) >= 11 is 6.49. The van der Waals surface area contributed by atoms with Gasteiger partial charge in [-0.05, 0) is 91.5 Å². The number of amides is 4. The van der Waals surface area contributed by atoms with Crippen LogP contribution in [0.25, 0.3) is 0 Å². The van der Waals surface area contributed by atoms with E-state index in [1.54, 1.807) is 38.4 Å². The fourth-order valence-electron chi connectivity index (χ4n) is 8.98. The Bertz CT molecular complexity index is 2360. The maximum absolute atomic E-state index is 15.6. The van der Waals surface area contributed by atoms with E-state index < -0.39 is 57.6 Å². The molecule has 3 aromatic rings. The lowest BCUT2D eigenvalue weighted by Crippen LogP contribution is -2.50. The van der Waals surface area contributed by atoms with E-state index in [-0.39, 0.29) is 34.3 Å². The molecule has 2 aromatic carbocycles. The molecule has 0 saturated heterocycles. The second-order valence-electron chi connectivity index (χ2n) is 16.8. The molecule has 16 nitrogen and oxygen atoms in total. The van der Waals surface area contributed by atoms with Gasteiger partial charge >= 0.3 is 6.09 Å². The van der Waals surface area contributed by atoms with Crippen molar-refractivity contribution in [1.82, 2.24) is 24.3 Å². The molecule has 328 valence electrons. The molecule has 61 heavy (non-hydrogen) atoms. The van der Waals surface area contributed by atoms with Crippen molar-refractivity contribution in [2.24, 2.45) is 23.2 Å². The van der Waals surface area contributed by atoms with Gasteiger partial charge in [0, 0.05) is 84.1 Å². The first-order valence-electron chi connectivity index (χ1n) is 20.4. The van der Waals surface area contributed by atoms with Crippen molar-refractivity contribution in [3.8, 4) is 11.6 Å². The van der Waals surface area contributed by atoms with Crippen LogP contribution in [0.3, 0.4) is 0 Å². The number of ether oxygens (including phenoxy) is 4. The molecule has 0 radical (unpaired) electrons. The summed E-state index contributed by atoms with van der Waals surface area (Å²) in [5.41, 5.74) is 2.63. The van der Waals surface area contributed by atoms with E-state index in [1.807, 2.05) is 18.2 Å². The number of aromatic nitrogens is 2. The molecule has 7 atom stereocenters. The third-order valence-electron chi connectivity index (χ3n) is 12.3. The van der Waals surface area contributed by atoms with E-state index >= 15 is 4.21 Å². The fraction of sp³-hybridized carbons (Fsp3) is 0.512. The molecule has 7 rings (SSSR count). The van der Waals surface area contributed by atoms with Crippen LogP contribution in [-0.4, -0.2) is 127 Å². The Morgan fingerprint density at radius 1 is 1.05 bits per heavy atom. The number of nitrogens with zero attached hydrogens (tertiary/aromatic N) is 6. The van der Waals surface area contributed by atoms with E-state index in [4.69, 9.17) is 30.5 Å². The highest BCUT2D eigenvalue weighted by atomic mass is 35.5. The second kappa shape index (κ2) is 17.7. The monoisotopic (exact) mass is 879 g/mol. The maximum Gasteiger partial charge on any atom is 0.409 e. The maximum atomic E-state index is 15.6. The lowest BCUT2D eigenvalue weighted by molar-refractivity contribution is -0.128. The normalized spacial score (nSPS) is 27.8. The van der Waals surface area contributed by atoms with Crippen LogP contribution in [0.15, 0.2) is 59.1 Å². The van der Waals surface area contributed by atoms with E-state index in [1.165, 1.54) is 67.1 Å². The third kappa shape index (κ3) is 8.96. The van der Waals surface area contributed by atoms with Gasteiger partial charge in [0.05, 0.1) is 25.5 Å². The number of nitrogens with one attached hydrogen (secondary N) is 1. The van der Waals surface area contributed by atoms with Crippen molar-refractivity contribution in [1.29, 1.82) is 0 Å². The number of carbonyl (C=O) groups is 4. The molecule has 18 heteroatoms. The summed E-state index contributed by atoms with van der Waals surface area (Å²) in [7, 11) is 6.04. The molecule has 3 heterocycles. The number of fused-ring (bicyclic) bond motifs is 4. The number of hydrogen-bond donors (Lipinski definition) is 1. The Labute approximate surface area is 361 Å². The number of anilines is 1.